The summed E-state index contributed by atoms with van der Waals surface area (Å²) in [4.78, 5) is 38.0. The minimum Gasteiger partial charge on any atom is -0.481 e. The minimum absolute atomic E-state index is 0.00921. The number of likely N-dealkylation sites (N-methyl/N-ethyl adjacent to an activating group) is 1. The lowest BCUT2D eigenvalue weighted by molar-refractivity contribution is -0.143. The van der Waals surface area contributed by atoms with E-state index >= 15 is 0 Å². The molecule has 34 heavy (non-hydrogen) atoms. The molecule has 178 valence electrons. The number of carboxylic acids is 1. The lowest BCUT2D eigenvalue weighted by Crippen LogP contribution is -2.49. The summed E-state index contributed by atoms with van der Waals surface area (Å²) in [5.74, 6) is -2.28. The number of hydrogen-bond donors (Lipinski definition) is 2. The number of nitriles is 1. The molecular weight excluding hydrogens is 434 g/mol. The van der Waals surface area contributed by atoms with Gasteiger partial charge in [-0.15, -0.1) is 0 Å². The smallest absolute Gasteiger partial charge is 0.407 e. The molecule has 0 heterocycles. The van der Waals surface area contributed by atoms with Crippen molar-refractivity contribution in [2.45, 2.75) is 38.1 Å². The van der Waals surface area contributed by atoms with Crippen molar-refractivity contribution in [3.8, 4) is 17.2 Å². The Morgan fingerprint density at radius 3 is 2.26 bits per heavy atom. The van der Waals surface area contributed by atoms with Crippen LogP contribution in [0.5, 0.6) is 0 Å². The highest BCUT2D eigenvalue weighted by molar-refractivity contribution is 5.86. The van der Waals surface area contributed by atoms with Gasteiger partial charge in [0.2, 0.25) is 5.91 Å². The quantitative estimate of drug-likeness (QED) is 0.518. The normalized spacial score (nSPS) is 13.7. The Balaban J connectivity index is 1.66. The molecule has 0 bridgehead atoms. The van der Waals surface area contributed by atoms with Gasteiger partial charge in [-0.2, -0.15) is 5.26 Å². The molecule has 0 fully saturated rings. The third kappa shape index (κ3) is 5.73. The van der Waals surface area contributed by atoms with E-state index in [2.05, 4.69) is 5.32 Å². The first-order chi connectivity index (χ1) is 16.3. The predicted molar refractivity (Wildman–Crippen MR) is 126 cm³/mol. The number of aliphatic carboxylic acids is 1. The average Bonchev–Trinajstić information content (AvgIpc) is 3.15. The summed E-state index contributed by atoms with van der Waals surface area (Å²) in [5, 5.41) is 20.6. The van der Waals surface area contributed by atoms with Gasteiger partial charge in [0.1, 0.15) is 12.6 Å². The van der Waals surface area contributed by atoms with Crippen LogP contribution in [-0.4, -0.2) is 54.2 Å². The number of unbranched alkanes of at least 4 members (excludes halogenated alkanes) is 1. The molecule has 2 atom stereocenters. The van der Waals surface area contributed by atoms with E-state index in [-0.39, 0.29) is 31.9 Å². The van der Waals surface area contributed by atoms with E-state index in [1.165, 1.54) is 18.9 Å². The first-order valence-electron chi connectivity index (χ1n) is 11.3. The first-order valence-corrected chi connectivity index (χ1v) is 11.3. The molecule has 0 saturated heterocycles. The number of carbonyl (C=O) groups is 3. The molecule has 0 radical (unpaired) electrons. The third-order valence-corrected chi connectivity index (χ3v) is 6.06. The highest BCUT2D eigenvalue weighted by Crippen LogP contribution is 2.44. The monoisotopic (exact) mass is 463 g/mol. The Labute approximate surface area is 199 Å². The maximum Gasteiger partial charge on any atom is 0.407 e. The van der Waals surface area contributed by atoms with Gasteiger partial charge >= 0.3 is 12.1 Å². The standard InChI is InChI=1S/C26H29N3O5/c1-17(25(31)32)15-29(2)24(30)23(13-7-8-14-27)28-26(33)34-16-22-20-11-5-3-9-18(20)19-10-4-6-12-21(19)22/h3-6,9-12,17,22-23H,7-8,13,15-16H2,1-2H3,(H,28,33)(H,31,32). The van der Waals surface area contributed by atoms with Crippen LogP contribution in [0.2, 0.25) is 0 Å². The van der Waals surface area contributed by atoms with Crippen LogP contribution in [0.1, 0.15) is 43.2 Å². The van der Waals surface area contributed by atoms with Crippen molar-refractivity contribution in [3.05, 3.63) is 59.7 Å². The van der Waals surface area contributed by atoms with E-state index in [1.54, 1.807) is 0 Å². The van der Waals surface area contributed by atoms with E-state index in [0.29, 0.717) is 6.42 Å². The average molecular weight is 464 g/mol. The summed E-state index contributed by atoms with van der Waals surface area (Å²) in [6.45, 7) is 1.63. The fraction of sp³-hybridized carbons (Fsp3) is 0.385. The van der Waals surface area contributed by atoms with Crippen molar-refractivity contribution in [1.29, 1.82) is 5.26 Å². The summed E-state index contributed by atoms with van der Waals surface area (Å²) in [6, 6.07) is 17.1. The van der Waals surface area contributed by atoms with Gasteiger partial charge in [-0.3, -0.25) is 9.59 Å². The number of nitrogens with one attached hydrogen (secondary N) is 1. The number of amides is 2. The highest BCUT2D eigenvalue weighted by atomic mass is 16.5. The Hall–Kier alpha value is -3.86. The number of alkyl carbamates (subject to hydrolysis) is 1. The molecule has 0 saturated carbocycles. The van der Waals surface area contributed by atoms with E-state index in [1.807, 2.05) is 54.6 Å². The van der Waals surface area contributed by atoms with Crippen LogP contribution < -0.4 is 5.32 Å². The largest absolute Gasteiger partial charge is 0.481 e. The van der Waals surface area contributed by atoms with Crippen molar-refractivity contribution in [3.63, 3.8) is 0 Å². The number of fused-ring (bicyclic) bond motifs is 3. The van der Waals surface area contributed by atoms with Gasteiger partial charge in [0, 0.05) is 25.9 Å². The molecule has 2 aromatic rings. The van der Waals surface area contributed by atoms with Crippen LogP contribution in [0.4, 0.5) is 4.79 Å². The number of benzene rings is 2. The molecule has 0 aromatic heterocycles. The van der Waals surface area contributed by atoms with Crippen LogP contribution in [-0.2, 0) is 14.3 Å². The minimum atomic E-state index is -1.01. The molecule has 2 aromatic carbocycles. The van der Waals surface area contributed by atoms with Gasteiger partial charge in [-0.05, 0) is 35.1 Å². The Morgan fingerprint density at radius 1 is 1.12 bits per heavy atom. The predicted octanol–water partition coefficient (Wildman–Crippen LogP) is 3.77. The number of rotatable bonds is 10. The second-order valence-corrected chi connectivity index (χ2v) is 8.53. The number of carbonyl (C=O) groups excluding carboxylic acids is 2. The summed E-state index contributed by atoms with van der Waals surface area (Å²) < 4.78 is 5.55. The molecule has 2 amide bonds. The highest BCUT2D eigenvalue weighted by Gasteiger charge is 2.30. The third-order valence-electron chi connectivity index (χ3n) is 6.06. The SMILES string of the molecule is CC(CN(C)C(=O)C(CCCC#N)NC(=O)OCC1c2ccccc2-c2ccccc21)C(=O)O. The van der Waals surface area contributed by atoms with Crippen molar-refractivity contribution in [1.82, 2.24) is 10.2 Å². The van der Waals surface area contributed by atoms with E-state index < -0.39 is 29.9 Å². The van der Waals surface area contributed by atoms with Gasteiger partial charge in [0.25, 0.3) is 0 Å². The maximum atomic E-state index is 12.9. The van der Waals surface area contributed by atoms with Crippen LogP contribution >= 0.6 is 0 Å². The summed E-state index contributed by atoms with van der Waals surface area (Å²) >= 11 is 0. The van der Waals surface area contributed by atoms with Gasteiger partial charge in [0.15, 0.2) is 0 Å². The Morgan fingerprint density at radius 2 is 1.71 bits per heavy atom. The van der Waals surface area contributed by atoms with Gasteiger partial charge in [-0.25, -0.2) is 4.79 Å². The van der Waals surface area contributed by atoms with Gasteiger partial charge in [-0.1, -0.05) is 55.5 Å². The summed E-state index contributed by atoms with van der Waals surface area (Å²) in [5.41, 5.74) is 4.40. The fourth-order valence-corrected chi connectivity index (χ4v) is 4.27. The van der Waals surface area contributed by atoms with Crippen molar-refractivity contribution in [2.75, 3.05) is 20.2 Å². The Bertz CT molecular complexity index is 1050. The van der Waals surface area contributed by atoms with Crippen molar-refractivity contribution < 1.29 is 24.2 Å². The second kappa shape index (κ2) is 11.3. The maximum absolute atomic E-state index is 12.9. The molecule has 8 heteroatoms. The van der Waals surface area contributed by atoms with E-state index in [4.69, 9.17) is 15.1 Å². The summed E-state index contributed by atoms with van der Waals surface area (Å²) in [6.07, 6.45) is 0.184. The van der Waals surface area contributed by atoms with Gasteiger partial charge in [0.05, 0.1) is 12.0 Å². The Kier molecular flexibility index (Phi) is 8.25. The van der Waals surface area contributed by atoms with Crippen LogP contribution in [0, 0.1) is 17.2 Å². The van der Waals surface area contributed by atoms with Crippen LogP contribution in [0.25, 0.3) is 11.1 Å². The number of ether oxygens (including phenoxy) is 1. The molecule has 1 aliphatic carbocycles. The van der Waals surface area contributed by atoms with Gasteiger partial charge < -0.3 is 20.1 Å². The molecular formula is C26H29N3O5. The summed E-state index contributed by atoms with van der Waals surface area (Å²) in [7, 11) is 1.50. The molecule has 0 spiro atoms. The molecule has 3 rings (SSSR count). The lowest BCUT2D eigenvalue weighted by Gasteiger charge is -2.26. The van der Waals surface area contributed by atoms with E-state index in [9.17, 15) is 14.4 Å². The zero-order valence-electron chi connectivity index (χ0n) is 19.4. The van der Waals surface area contributed by atoms with Crippen LogP contribution in [0.15, 0.2) is 48.5 Å². The van der Waals surface area contributed by atoms with Crippen molar-refractivity contribution >= 4 is 18.0 Å². The number of carboxylic acid groups (broad SMARTS) is 1. The molecule has 0 aliphatic heterocycles. The number of hydrogen-bond acceptors (Lipinski definition) is 5. The van der Waals surface area contributed by atoms with E-state index in [0.717, 1.165) is 22.3 Å². The molecule has 8 nitrogen and oxygen atoms in total. The number of nitrogens with zero attached hydrogens (tertiary/aromatic N) is 2. The fourth-order valence-electron chi connectivity index (χ4n) is 4.27. The zero-order valence-corrected chi connectivity index (χ0v) is 19.4. The molecule has 1 aliphatic rings. The van der Waals surface area contributed by atoms with Crippen molar-refractivity contribution in [2.24, 2.45) is 5.92 Å². The molecule has 2 unspecified atom stereocenters. The first kappa shape index (κ1) is 24.8. The molecule has 2 N–H and O–H groups in total. The topological polar surface area (TPSA) is 120 Å². The second-order valence-electron chi connectivity index (χ2n) is 8.53. The zero-order chi connectivity index (χ0) is 24.7. The van der Waals surface area contributed by atoms with Crippen LogP contribution in [0.3, 0.4) is 0 Å². The lowest BCUT2D eigenvalue weighted by atomic mass is 9.98.